The van der Waals surface area contributed by atoms with Crippen LogP contribution >= 0.6 is 12.2 Å². The molecule has 1 heterocycles. The summed E-state index contributed by atoms with van der Waals surface area (Å²) in [5.41, 5.74) is 0. The van der Waals surface area contributed by atoms with Crippen molar-refractivity contribution in [3.63, 3.8) is 0 Å². The maximum atomic E-state index is 11.1. The van der Waals surface area contributed by atoms with Crippen LogP contribution in [0.5, 0.6) is 0 Å². The lowest BCUT2D eigenvalue weighted by Crippen LogP contribution is -2.35. The predicted octanol–water partition coefficient (Wildman–Crippen LogP) is 0.405. The van der Waals surface area contributed by atoms with Crippen LogP contribution in [0.2, 0.25) is 0 Å². The third-order valence-corrected chi connectivity index (χ3v) is 2.24. The zero-order chi connectivity index (χ0) is 8.43. The third kappa shape index (κ3) is 1.68. The molecule has 4 heteroatoms. The van der Waals surface area contributed by atoms with Gasteiger partial charge < -0.3 is 10.6 Å². The van der Waals surface area contributed by atoms with Gasteiger partial charge in [-0.25, -0.2) is 0 Å². The first-order valence-electron chi connectivity index (χ1n) is 3.76. The Morgan fingerprint density at radius 3 is 2.73 bits per heavy atom. The monoisotopic (exact) mass is 172 g/mol. The van der Waals surface area contributed by atoms with Crippen molar-refractivity contribution in [3.8, 4) is 0 Å². The topological polar surface area (TPSA) is 41.1 Å². The van der Waals surface area contributed by atoms with Crippen LogP contribution in [-0.2, 0) is 4.79 Å². The maximum Gasteiger partial charge on any atom is 0.248 e. The Hall–Kier alpha value is -0.640. The zero-order valence-corrected chi connectivity index (χ0v) is 7.49. The van der Waals surface area contributed by atoms with Gasteiger partial charge in [0.15, 0.2) is 5.11 Å². The van der Waals surface area contributed by atoms with E-state index in [4.69, 9.17) is 12.2 Å². The smallest absolute Gasteiger partial charge is 0.248 e. The van der Waals surface area contributed by atoms with E-state index in [0.29, 0.717) is 11.0 Å². The van der Waals surface area contributed by atoms with E-state index in [9.17, 15) is 4.79 Å². The minimum Gasteiger partial charge on any atom is -0.350 e. The molecule has 0 aromatic carbocycles. The largest absolute Gasteiger partial charge is 0.350 e. The summed E-state index contributed by atoms with van der Waals surface area (Å²) in [6, 6.07) is -0.118. The molecule has 2 atom stereocenters. The summed E-state index contributed by atoms with van der Waals surface area (Å²) in [6.45, 7) is 4.09. The molecule has 0 aromatic heterocycles. The second kappa shape index (κ2) is 3.17. The minimum absolute atomic E-state index is 0.00403. The molecule has 1 aliphatic heterocycles. The Bertz CT molecular complexity index is 193. The van der Waals surface area contributed by atoms with Crippen molar-refractivity contribution in [1.29, 1.82) is 0 Å². The van der Waals surface area contributed by atoms with Crippen LogP contribution in [0.4, 0.5) is 0 Å². The lowest BCUT2D eigenvalue weighted by atomic mass is 10.00. The maximum absolute atomic E-state index is 11.1. The SMILES string of the molecule is CC[C@@H](C)[C@H]1NC(=S)NC1=O. The van der Waals surface area contributed by atoms with Crippen LogP contribution in [0.1, 0.15) is 20.3 Å². The molecule has 1 amide bonds. The molecular formula is C7H12N2OS. The highest BCUT2D eigenvalue weighted by Crippen LogP contribution is 2.10. The molecule has 2 N–H and O–H groups in total. The second-order valence-corrected chi connectivity index (χ2v) is 3.23. The van der Waals surface area contributed by atoms with Gasteiger partial charge in [-0.15, -0.1) is 0 Å². The van der Waals surface area contributed by atoms with Gasteiger partial charge in [-0.2, -0.15) is 0 Å². The number of hydrogen-bond donors (Lipinski definition) is 2. The van der Waals surface area contributed by atoms with Crippen LogP contribution in [0, 0.1) is 5.92 Å². The van der Waals surface area contributed by atoms with Crippen LogP contribution in [0.15, 0.2) is 0 Å². The predicted molar refractivity (Wildman–Crippen MR) is 47.1 cm³/mol. The van der Waals surface area contributed by atoms with E-state index in [1.165, 1.54) is 0 Å². The fraction of sp³-hybridized carbons (Fsp3) is 0.714. The summed E-state index contributed by atoms with van der Waals surface area (Å²) >= 11 is 4.80. The molecule has 11 heavy (non-hydrogen) atoms. The molecule has 1 saturated heterocycles. The number of nitrogens with one attached hydrogen (secondary N) is 2. The van der Waals surface area contributed by atoms with E-state index in [2.05, 4.69) is 17.6 Å². The van der Waals surface area contributed by atoms with Crippen molar-refractivity contribution in [2.75, 3.05) is 0 Å². The summed E-state index contributed by atoms with van der Waals surface area (Å²) in [4.78, 5) is 11.1. The quantitative estimate of drug-likeness (QED) is 0.593. The van der Waals surface area contributed by atoms with Gasteiger partial charge in [-0.3, -0.25) is 4.79 Å². The molecule has 0 spiro atoms. The molecule has 1 aliphatic rings. The van der Waals surface area contributed by atoms with Crippen LogP contribution < -0.4 is 10.6 Å². The molecule has 1 rings (SSSR count). The van der Waals surface area contributed by atoms with Gasteiger partial charge in [-0.1, -0.05) is 20.3 Å². The first-order valence-corrected chi connectivity index (χ1v) is 4.17. The summed E-state index contributed by atoms with van der Waals surface area (Å²) in [7, 11) is 0. The molecule has 0 aromatic rings. The van der Waals surface area contributed by atoms with Crippen molar-refractivity contribution in [2.24, 2.45) is 5.92 Å². The Morgan fingerprint density at radius 1 is 1.73 bits per heavy atom. The number of carbonyl (C=O) groups is 1. The average molecular weight is 172 g/mol. The number of amides is 1. The fourth-order valence-corrected chi connectivity index (χ4v) is 1.30. The van der Waals surface area contributed by atoms with Crippen molar-refractivity contribution in [2.45, 2.75) is 26.3 Å². The fourth-order valence-electron chi connectivity index (χ4n) is 1.07. The summed E-state index contributed by atoms with van der Waals surface area (Å²) in [5.74, 6) is 0.347. The first-order chi connectivity index (χ1) is 5.15. The van der Waals surface area contributed by atoms with E-state index in [0.717, 1.165) is 6.42 Å². The van der Waals surface area contributed by atoms with Gasteiger partial charge in [0, 0.05) is 0 Å². The van der Waals surface area contributed by atoms with Gasteiger partial charge >= 0.3 is 0 Å². The normalized spacial score (nSPS) is 26.2. The molecule has 0 radical (unpaired) electrons. The number of hydrogen-bond acceptors (Lipinski definition) is 2. The second-order valence-electron chi connectivity index (χ2n) is 2.83. The Morgan fingerprint density at radius 2 is 2.36 bits per heavy atom. The van der Waals surface area contributed by atoms with Crippen molar-refractivity contribution in [3.05, 3.63) is 0 Å². The van der Waals surface area contributed by atoms with E-state index in [1.807, 2.05) is 6.92 Å². The van der Waals surface area contributed by atoms with E-state index in [1.54, 1.807) is 0 Å². The highest BCUT2D eigenvalue weighted by atomic mass is 32.1. The number of carbonyl (C=O) groups excluding carboxylic acids is 1. The third-order valence-electron chi connectivity index (χ3n) is 2.02. The van der Waals surface area contributed by atoms with Gasteiger partial charge in [0.2, 0.25) is 5.91 Å². The highest BCUT2D eigenvalue weighted by molar-refractivity contribution is 7.80. The van der Waals surface area contributed by atoms with Crippen LogP contribution in [0.3, 0.4) is 0 Å². The molecular weight excluding hydrogens is 160 g/mol. The van der Waals surface area contributed by atoms with Crippen LogP contribution in [0.25, 0.3) is 0 Å². The standard InChI is InChI=1S/C7H12N2OS/c1-3-4(2)5-6(10)9-7(11)8-5/h4-5H,3H2,1-2H3,(H2,8,9,10,11)/t4-,5-/m1/s1. The minimum atomic E-state index is -0.118. The van der Waals surface area contributed by atoms with Crippen LogP contribution in [-0.4, -0.2) is 17.1 Å². The van der Waals surface area contributed by atoms with E-state index < -0.39 is 0 Å². The average Bonchev–Trinajstić information content (AvgIpc) is 2.28. The summed E-state index contributed by atoms with van der Waals surface area (Å²) in [6.07, 6.45) is 0.980. The number of thiocarbonyl (C=S) groups is 1. The molecule has 62 valence electrons. The van der Waals surface area contributed by atoms with Crippen molar-refractivity contribution >= 4 is 23.2 Å². The van der Waals surface area contributed by atoms with Gasteiger partial charge in [0.1, 0.15) is 6.04 Å². The van der Waals surface area contributed by atoms with Gasteiger partial charge in [0.25, 0.3) is 0 Å². The Labute approximate surface area is 71.5 Å². The first kappa shape index (κ1) is 8.46. The Balaban J connectivity index is 2.59. The lowest BCUT2D eigenvalue weighted by Gasteiger charge is -2.13. The van der Waals surface area contributed by atoms with Gasteiger partial charge in [0.05, 0.1) is 0 Å². The Kier molecular flexibility index (Phi) is 2.44. The zero-order valence-electron chi connectivity index (χ0n) is 6.68. The van der Waals surface area contributed by atoms with E-state index in [-0.39, 0.29) is 11.9 Å². The summed E-state index contributed by atoms with van der Waals surface area (Å²) in [5, 5.41) is 5.95. The molecule has 1 fully saturated rings. The highest BCUT2D eigenvalue weighted by Gasteiger charge is 2.30. The van der Waals surface area contributed by atoms with Crippen molar-refractivity contribution < 1.29 is 4.79 Å². The van der Waals surface area contributed by atoms with Crippen molar-refractivity contribution in [1.82, 2.24) is 10.6 Å². The molecule has 0 aliphatic carbocycles. The van der Waals surface area contributed by atoms with E-state index >= 15 is 0 Å². The molecule has 0 unspecified atom stereocenters. The lowest BCUT2D eigenvalue weighted by molar-refractivity contribution is -0.121. The number of rotatable bonds is 2. The molecule has 3 nitrogen and oxygen atoms in total. The molecule has 0 saturated carbocycles. The summed E-state index contributed by atoms with van der Waals surface area (Å²) < 4.78 is 0. The van der Waals surface area contributed by atoms with Gasteiger partial charge in [-0.05, 0) is 18.1 Å². The molecule has 0 bridgehead atoms.